The Hall–Kier alpha value is -0.610. The highest BCUT2D eigenvalue weighted by atomic mass is 16.1. The summed E-state index contributed by atoms with van der Waals surface area (Å²) in [4.78, 5) is 14.1. The molecule has 1 rings (SSSR count). The SMILES string of the molecule is CCNC1(C(N)=O)CCC(N(C)CC(C)CC)C1. The van der Waals surface area contributed by atoms with Crippen molar-refractivity contribution in [2.45, 2.75) is 58.0 Å². The zero-order chi connectivity index (χ0) is 13.8. The number of amides is 1. The molecule has 0 saturated heterocycles. The molecule has 4 nitrogen and oxygen atoms in total. The Morgan fingerprint density at radius 3 is 2.72 bits per heavy atom. The summed E-state index contributed by atoms with van der Waals surface area (Å²) in [6, 6.07) is 0.477. The van der Waals surface area contributed by atoms with E-state index in [1.165, 1.54) is 6.42 Å². The lowest BCUT2D eigenvalue weighted by atomic mass is 9.96. The Morgan fingerprint density at radius 2 is 2.22 bits per heavy atom. The Kier molecular flexibility index (Phi) is 5.60. The van der Waals surface area contributed by atoms with Gasteiger partial charge in [0.2, 0.25) is 5.91 Å². The van der Waals surface area contributed by atoms with Crippen molar-refractivity contribution in [3.8, 4) is 0 Å². The molecule has 1 saturated carbocycles. The average molecular weight is 255 g/mol. The smallest absolute Gasteiger partial charge is 0.237 e. The minimum absolute atomic E-state index is 0.191. The van der Waals surface area contributed by atoms with Gasteiger partial charge in [-0.2, -0.15) is 0 Å². The fraction of sp³-hybridized carbons (Fsp3) is 0.929. The molecule has 0 aliphatic heterocycles. The topological polar surface area (TPSA) is 58.4 Å². The minimum atomic E-state index is -0.469. The van der Waals surface area contributed by atoms with E-state index in [2.05, 4.69) is 31.1 Å². The number of carbonyl (C=O) groups is 1. The molecule has 0 heterocycles. The van der Waals surface area contributed by atoms with Crippen LogP contribution in [-0.4, -0.2) is 42.5 Å². The normalized spacial score (nSPS) is 29.7. The maximum atomic E-state index is 11.7. The average Bonchev–Trinajstić information content (AvgIpc) is 2.75. The summed E-state index contributed by atoms with van der Waals surface area (Å²) in [5.74, 6) is 0.515. The highest BCUT2D eigenvalue weighted by Gasteiger charge is 2.44. The zero-order valence-electron chi connectivity index (χ0n) is 12.3. The second-order valence-electron chi connectivity index (χ2n) is 5.83. The van der Waals surface area contributed by atoms with Gasteiger partial charge in [0.05, 0.1) is 5.54 Å². The standard InChI is InChI=1S/C14H29N3O/c1-5-11(3)10-17(4)12-7-8-14(9-12,13(15)18)16-6-2/h11-12,16H,5-10H2,1-4H3,(H2,15,18). The molecule has 0 aromatic heterocycles. The van der Waals surface area contributed by atoms with Crippen LogP contribution in [0.3, 0.4) is 0 Å². The Morgan fingerprint density at radius 1 is 1.56 bits per heavy atom. The van der Waals surface area contributed by atoms with E-state index in [0.717, 1.165) is 32.4 Å². The van der Waals surface area contributed by atoms with E-state index in [0.29, 0.717) is 12.0 Å². The summed E-state index contributed by atoms with van der Waals surface area (Å²) in [6.45, 7) is 8.42. The first-order valence-corrected chi connectivity index (χ1v) is 7.20. The van der Waals surface area contributed by atoms with E-state index in [4.69, 9.17) is 5.73 Å². The lowest BCUT2D eigenvalue weighted by Gasteiger charge is -2.30. The van der Waals surface area contributed by atoms with Crippen LogP contribution >= 0.6 is 0 Å². The van der Waals surface area contributed by atoms with Gasteiger partial charge >= 0.3 is 0 Å². The predicted molar refractivity (Wildman–Crippen MR) is 75.3 cm³/mol. The molecule has 1 fully saturated rings. The van der Waals surface area contributed by atoms with E-state index in [1.807, 2.05) is 6.92 Å². The molecule has 0 bridgehead atoms. The van der Waals surface area contributed by atoms with Crippen molar-refractivity contribution in [3.05, 3.63) is 0 Å². The number of primary amides is 1. The molecule has 18 heavy (non-hydrogen) atoms. The fourth-order valence-corrected chi connectivity index (χ4v) is 2.98. The van der Waals surface area contributed by atoms with Crippen LogP contribution < -0.4 is 11.1 Å². The van der Waals surface area contributed by atoms with Crippen LogP contribution in [0.2, 0.25) is 0 Å². The van der Waals surface area contributed by atoms with Crippen LogP contribution in [0.1, 0.15) is 46.5 Å². The number of nitrogens with one attached hydrogen (secondary N) is 1. The lowest BCUT2D eigenvalue weighted by Crippen LogP contribution is -2.54. The van der Waals surface area contributed by atoms with Crippen molar-refractivity contribution >= 4 is 5.91 Å². The molecule has 0 spiro atoms. The third-order valence-corrected chi connectivity index (χ3v) is 4.40. The summed E-state index contributed by atoms with van der Waals surface area (Å²) in [6.07, 6.45) is 3.98. The van der Waals surface area contributed by atoms with Crippen molar-refractivity contribution < 1.29 is 4.79 Å². The van der Waals surface area contributed by atoms with Gasteiger partial charge < -0.3 is 16.0 Å². The first kappa shape index (κ1) is 15.4. The summed E-state index contributed by atoms with van der Waals surface area (Å²) in [7, 11) is 2.17. The van der Waals surface area contributed by atoms with Crippen LogP contribution in [0.15, 0.2) is 0 Å². The third kappa shape index (κ3) is 3.45. The number of hydrogen-bond donors (Lipinski definition) is 2. The van der Waals surface area contributed by atoms with Gasteiger partial charge in [-0.1, -0.05) is 27.2 Å². The maximum absolute atomic E-state index is 11.7. The molecule has 3 unspecified atom stereocenters. The molecule has 0 radical (unpaired) electrons. The molecular formula is C14H29N3O. The van der Waals surface area contributed by atoms with Crippen molar-refractivity contribution in [3.63, 3.8) is 0 Å². The Balaban J connectivity index is 2.60. The van der Waals surface area contributed by atoms with Gasteiger partial charge in [-0.25, -0.2) is 0 Å². The van der Waals surface area contributed by atoms with Crippen molar-refractivity contribution in [2.24, 2.45) is 11.7 Å². The van der Waals surface area contributed by atoms with Crippen molar-refractivity contribution in [1.82, 2.24) is 10.2 Å². The molecule has 106 valence electrons. The molecule has 3 N–H and O–H groups in total. The number of nitrogens with zero attached hydrogens (tertiary/aromatic N) is 1. The third-order valence-electron chi connectivity index (χ3n) is 4.40. The highest BCUT2D eigenvalue weighted by Crippen LogP contribution is 2.32. The number of rotatable bonds is 7. The predicted octanol–water partition coefficient (Wildman–Crippen LogP) is 1.35. The van der Waals surface area contributed by atoms with E-state index in [-0.39, 0.29) is 5.91 Å². The quantitative estimate of drug-likeness (QED) is 0.722. The number of carbonyl (C=O) groups excluding carboxylic acids is 1. The second kappa shape index (κ2) is 6.53. The van der Waals surface area contributed by atoms with E-state index >= 15 is 0 Å². The molecule has 4 heteroatoms. The van der Waals surface area contributed by atoms with Gasteiger partial charge in [-0.15, -0.1) is 0 Å². The van der Waals surface area contributed by atoms with Gasteiger partial charge in [-0.3, -0.25) is 4.79 Å². The number of hydrogen-bond acceptors (Lipinski definition) is 3. The molecule has 1 amide bonds. The number of nitrogens with two attached hydrogens (primary N) is 1. The van der Waals surface area contributed by atoms with Crippen LogP contribution in [0.5, 0.6) is 0 Å². The van der Waals surface area contributed by atoms with Crippen LogP contribution in [0.25, 0.3) is 0 Å². The highest BCUT2D eigenvalue weighted by molar-refractivity contribution is 5.85. The van der Waals surface area contributed by atoms with E-state index in [9.17, 15) is 4.79 Å². The minimum Gasteiger partial charge on any atom is -0.368 e. The largest absolute Gasteiger partial charge is 0.368 e. The van der Waals surface area contributed by atoms with Crippen molar-refractivity contribution in [2.75, 3.05) is 20.1 Å². The first-order chi connectivity index (χ1) is 8.45. The molecule has 1 aliphatic rings. The van der Waals surface area contributed by atoms with E-state index < -0.39 is 5.54 Å². The molecule has 3 atom stereocenters. The van der Waals surface area contributed by atoms with Gasteiger partial charge in [-0.05, 0) is 38.8 Å². The summed E-state index contributed by atoms with van der Waals surface area (Å²) < 4.78 is 0. The van der Waals surface area contributed by atoms with Crippen LogP contribution in [-0.2, 0) is 4.79 Å². The Labute approximate surface area is 111 Å². The molecule has 0 aromatic rings. The summed E-state index contributed by atoms with van der Waals surface area (Å²) in [5.41, 5.74) is 5.12. The van der Waals surface area contributed by atoms with Crippen LogP contribution in [0.4, 0.5) is 0 Å². The summed E-state index contributed by atoms with van der Waals surface area (Å²) >= 11 is 0. The molecule has 0 aromatic carbocycles. The van der Waals surface area contributed by atoms with Gasteiger partial charge in [0.25, 0.3) is 0 Å². The lowest BCUT2D eigenvalue weighted by molar-refractivity contribution is -0.124. The first-order valence-electron chi connectivity index (χ1n) is 7.20. The van der Waals surface area contributed by atoms with Gasteiger partial charge in [0, 0.05) is 12.6 Å². The Bertz CT molecular complexity index is 282. The number of likely N-dealkylation sites (N-methyl/N-ethyl adjacent to an activating group) is 1. The molecular weight excluding hydrogens is 226 g/mol. The zero-order valence-corrected chi connectivity index (χ0v) is 12.3. The van der Waals surface area contributed by atoms with Gasteiger partial charge in [0.1, 0.15) is 0 Å². The second-order valence-corrected chi connectivity index (χ2v) is 5.83. The van der Waals surface area contributed by atoms with Crippen molar-refractivity contribution in [1.29, 1.82) is 0 Å². The van der Waals surface area contributed by atoms with Crippen LogP contribution in [0, 0.1) is 5.92 Å². The monoisotopic (exact) mass is 255 g/mol. The van der Waals surface area contributed by atoms with E-state index in [1.54, 1.807) is 0 Å². The maximum Gasteiger partial charge on any atom is 0.237 e. The fourth-order valence-electron chi connectivity index (χ4n) is 2.98. The van der Waals surface area contributed by atoms with Gasteiger partial charge in [0.15, 0.2) is 0 Å². The molecule has 1 aliphatic carbocycles. The summed E-state index contributed by atoms with van der Waals surface area (Å²) in [5, 5.41) is 3.31.